The van der Waals surface area contributed by atoms with Gasteiger partial charge in [-0.15, -0.1) is 5.92 Å². The highest BCUT2D eigenvalue weighted by atomic mass is 16.7. The molecule has 1 N–H and O–H groups in total. The lowest BCUT2D eigenvalue weighted by atomic mass is 10.1. The summed E-state index contributed by atoms with van der Waals surface area (Å²) < 4.78 is 9.87. The Labute approximate surface area is 92.8 Å². The summed E-state index contributed by atoms with van der Waals surface area (Å²) in [5.74, 6) is 6.01. The SMILES string of the molecule is COCOCCCCC#C[C@@H](O)C(C)C. The molecule has 1 atom stereocenters. The van der Waals surface area contributed by atoms with E-state index in [1.807, 2.05) is 13.8 Å². The van der Waals surface area contributed by atoms with Crippen LogP contribution < -0.4 is 0 Å². The predicted molar refractivity (Wildman–Crippen MR) is 60.3 cm³/mol. The zero-order chi connectivity index (χ0) is 11.5. The van der Waals surface area contributed by atoms with Gasteiger partial charge in [-0.25, -0.2) is 0 Å². The van der Waals surface area contributed by atoms with Crippen LogP contribution in [0.2, 0.25) is 0 Å². The van der Waals surface area contributed by atoms with Crippen LogP contribution in [0.3, 0.4) is 0 Å². The molecule has 0 saturated heterocycles. The van der Waals surface area contributed by atoms with Gasteiger partial charge in [0.1, 0.15) is 12.9 Å². The molecular weight excluding hydrogens is 192 g/mol. The van der Waals surface area contributed by atoms with Crippen molar-refractivity contribution in [3.05, 3.63) is 0 Å². The van der Waals surface area contributed by atoms with Crippen molar-refractivity contribution in [1.29, 1.82) is 0 Å². The van der Waals surface area contributed by atoms with Crippen molar-refractivity contribution in [3.63, 3.8) is 0 Å². The summed E-state index contributed by atoms with van der Waals surface area (Å²) in [6.07, 6.45) is 2.31. The fourth-order valence-corrected chi connectivity index (χ4v) is 0.903. The second kappa shape index (κ2) is 9.97. The zero-order valence-electron chi connectivity index (χ0n) is 9.95. The molecule has 0 bridgehead atoms. The Morgan fingerprint density at radius 1 is 1.27 bits per heavy atom. The van der Waals surface area contributed by atoms with Gasteiger partial charge in [0, 0.05) is 20.1 Å². The normalized spacial score (nSPS) is 12.3. The Hall–Kier alpha value is -0.560. The van der Waals surface area contributed by atoms with Crippen LogP contribution in [0.15, 0.2) is 0 Å². The molecule has 3 heteroatoms. The third-order valence-electron chi connectivity index (χ3n) is 1.92. The molecule has 0 unspecified atom stereocenters. The van der Waals surface area contributed by atoms with Crippen LogP contribution in [0.25, 0.3) is 0 Å². The molecule has 0 aliphatic heterocycles. The largest absolute Gasteiger partial charge is 0.380 e. The summed E-state index contributed by atoms with van der Waals surface area (Å²) in [6, 6.07) is 0. The minimum atomic E-state index is -0.491. The van der Waals surface area contributed by atoms with Crippen LogP contribution in [-0.2, 0) is 9.47 Å². The Kier molecular flexibility index (Phi) is 9.60. The van der Waals surface area contributed by atoms with Gasteiger partial charge in [-0.1, -0.05) is 19.8 Å². The smallest absolute Gasteiger partial charge is 0.146 e. The lowest BCUT2D eigenvalue weighted by Gasteiger charge is -2.05. The van der Waals surface area contributed by atoms with Crippen molar-refractivity contribution in [3.8, 4) is 11.8 Å². The summed E-state index contributed by atoms with van der Waals surface area (Å²) >= 11 is 0. The maximum Gasteiger partial charge on any atom is 0.146 e. The molecule has 0 aromatic rings. The quantitative estimate of drug-likeness (QED) is 0.399. The summed E-state index contributed by atoms with van der Waals surface area (Å²) in [7, 11) is 1.61. The number of rotatable bonds is 7. The highest BCUT2D eigenvalue weighted by Gasteiger charge is 2.02. The Morgan fingerprint density at radius 3 is 2.60 bits per heavy atom. The average molecular weight is 214 g/mol. The minimum Gasteiger partial charge on any atom is -0.380 e. The van der Waals surface area contributed by atoms with Gasteiger partial charge in [0.2, 0.25) is 0 Å². The monoisotopic (exact) mass is 214 g/mol. The van der Waals surface area contributed by atoms with Gasteiger partial charge in [-0.3, -0.25) is 0 Å². The molecule has 0 aromatic carbocycles. The van der Waals surface area contributed by atoms with Crippen LogP contribution in [0.1, 0.15) is 33.1 Å². The van der Waals surface area contributed by atoms with E-state index in [4.69, 9.17) is 9.47 Å². The molecule has 15 heavy (non-hydrogen) atoms. The maximum absolute atomic E-state index is 9.38. The van der Waals surface area contributed by atoms with Gasteiger partial charge in [0.15, 0.2) is 0 Å². The first-order valence-corrected chi connectivity index (χ1v) is 5.41. The molecule has 0 radical (unpaired) electrons. The fraction of sp³-hybridized carbons (Fsp3) is 0.833. The van der Waals surface area contributed by atoms with Crippen LogP contribution in [-0.4, -0.2) is 31.7 Å². The lowest BCUT2D eigenvalue weighted by Crippen LogP contribution is -2.11. The Bertz CT molecular complexity index is 191. The number of ether oxygens (including phenoxy) is 2. The van der Waals surface area contributed by atoms with Crippen LogP contribution in [0, 0.1) is 17.8 Å². The molecule has 0 spiro atoms. The van der Waals surface area contributed by atoms with E-state index in [9.17, 15) is 5.11 Å². The van der Waals surface area contributed by atoms with Crippen molar-refractivity contribution < 1.29 is 14.6 Å². The van der Waals surface area contributed by atoms with Crippen molar-refractivity contribution in [2.24, 2.45) is 5.92 Å². The number of methoxy groups -OCH3 is 1. The third-order valence-corrected chi connectivity index (χ3v) is 1.92. The van der Waals surface area contributed by atoms with Crippen molar-refractivity contribution in [2.75, 3.05) is 20.5 Å². The molecule has 0 saturated carbocycles. The van der Waals surface area contributed by atoms with Crippen LogP contribution in [0.5, 0.6) is 0 Å². The van der Waals surface area contributed by atoms with Crippen LogP contribution >= 0.6 is 0 Å². The van der Waals surface area contributed by atoms with E-state index < -0.39 is 6.10 Å². The van der Waals surface area contributed by atoms with Gasteiger partial charge >= 0.3 is 0 Å². The van der Waals surface area contributed by atoms with E-state index in [-0.39, 0.29) is 5.92 Å². The highest BCUT2D eigenvalue weighted by Crippen LogP contribution is 1.99. The Balaban J connectivity index is 3.30. The van der Waals surface area contributed by atoms with Crippen molar-refractivity contribution >= 4 is 0 Å². The summed E-state index contributed by atoms with van der Waals surface area (Å²) in [4.78, 5) is 0. The number of aliphatic hydroxyl groups is 1. The summed E-state index contributed by atoms with van der Waals surface area (Å²) in [6.45, 7) is 4.98. The first-order chi connectivity index (χ1) is 7.18. The van der Waals surface area contributed by atoms with E-state index in [0.29, 0.717) is 13.4 Å². The minimum absolute atomic E-state index is 0.211. The standard InChI is InChI=1S/C12H22O3/c1-11(2)12(13)8-6-4-5-7-9-15-10-14-3/h11-13H,4-5,7,9-10H2,1-3H3/t12-/m1/s1. The van der Waals surface area contributed by atoms with Gasteiger partial charge in [-0.05, 0) is 18.8 Å². The second-order valence-electron chi connectivity index (χ2n) is 3.78. The summed E-state index contributed by atoms with van der Waals surface area (Å²) in [5.41, 5.74) is 0. The van der Waals surface area contributed by atoms with Gasteiger partial charge in [0.25, 0.3) is 0 Å². The molecule has 88 valence electrons. The molecule has 3 nitrogen and oxygen atoms in total. The van der Waals surface area contributed by atoms with Crippen LogP contribution in [0.4, 0.5) is 0 Å². The van der Waals surface area contributed by atoms with E-state index >= 15 is 0 Å². The second-order valence-corrected chi connectivity index (χ2v) is 3.78. The van der Waals surface area contributed by atoms with E-state index in [1.54, 1.807) is 7.11 Å². The van der Waals surface area contributed by atoms with E-state index in [1.165, 1.54) is 0 Å². The molecule has 0 heterocycles. The van der Waals surface area contributed by atoms with E-state index in [2.05, 4.69) is 11.8 Å². The van der Waals surface area contributed by atoms with Gasteiger partial charge in [-0.2, -0.15) is 0 Å². The molecule has 0 amide bonds. The number of hydrogen-bond donors (Lipinski definition) is 1. The third kappa shape index (κ3) is 9.74. The topological polar surface area (TPSA) is 38.7 Å². The van der Waals surface area contributed by atoms with Gasteiger partial charge < -0.3 is 14.6 Å². The van der Waals surface area contributed by atoms with Crippen molar-refractivity contribution in [1.82, 2.24) is 0 Å². The number of unbranched alkanes of at least 4 members (excludes halogenated alkanes) is 2. The summed E-state index contributed by atoms with van der Waals surface area (Å²) in [5, 5.41) is 9.38. The first-order valence-electron chi connectivity index (χ1n) is 5.41. The van der Waals surface area contributed by atoms with Crippen molar-refractivity contribution in [2.45, 2.75) is 39.2 Å². The number of hydrogen-bond acceptors (Lipinski definition) is 3. The molecular formula is C12H22O3. The van der Waals surface area contributed by atoms with Gasteiger partial charge in [0.05, 0.1) is 0 Å². The zero-order valence-corrected chi connectivity index (χ0v) is 9.95. The predicted octanol–water partition coefficient (Wildman–Crippen LogP) is 1.80. The molecule has 0 aliphatic rings. The molecule has 0 fully saturated rings. The number of aliphatic hydroxyl groups excluding tert-OH is 1. The molecule has 0 aliphatic carbocycles. The highest BCUT2D eigenvalue weighted by molar-refractivity contribution is 5.05. The molecule has 0 rings (SSSR count). The fourth-order valence-electron chi connectivity index (χ4n) is 0.903. The Morgan fingerprint density at radius 2 is 2.00 bits per heavy atom. The first kappa shape index (κ1) is 14.4. The maximum atomic E-state index is 9.38. The molecule has 0 aromatic heterocycles. The van der Waals surface area contributed by atoms with E-state index in [0.717, 1.165) is 19.3 Å². The lowest BCUT2D eigenvalue weighted by molar-refractivity contribution is -0.0313. The average Bonchev–Trinajstić information content (AvgIpc) is 2.21.